The fraction of sp³-hybridized carbons (Fsp3) is 0.480. The summed E-state index contributed by atoms with van der Waals surface area (Å²) in [5.74, 6) is 1.08. The molecule has 0 saturated carbocycles. The van der Waals surface area contributed by atoms with Gasteiger partial charge < -0.3 is 14.2 Å². The Labute approximate surface area is 193 Å². The van der Waals surface area contributed by atoms with Gasteiger partial charge in [0.25, 0.3) is 5.56 Å². The maximum absolute atomic E-state index is 13.0. The van der Waals surface area contributed by atoms with Crippen molar-refractivity contribution < 1.29 is 9.53 Å². The largest absolute Gasteiger partial charge is 0.468 e. The highest BCUT2D eigenvalue weighted by Crippen LogP contribution is 2.26. The van der Waals surface area contributed by atoms with Crippen LogP contribution in [-0.2, 0) is 35.6 Å². The van der Waals surface area contributed by atoms with Crippen LogP contribution >= 0.6 is 0 Å². The van der Waals surface area contributed by atoms with E-state index >= 15 is 0 Å². The summed E-state index contributed by atoms with van der Waals surface area (Å²) in [6, 6.07) is 8.09. The van der Waals surface area contributed by atoms with Crippen molar-refractivity contribution in [2.75, 3.05) is 31.6 Å². The molecule has 8 heteroatoms. The fourth-order valence-corrected chi connectivity index (χ4v) is 5.16. The smallest absolute Gasteiger partial charge is 0.325 e. The predicted octanol–water partition coefficient (Wildman–Crippen LogP) is 2.69. The number of anilines is 1. The number of nitrogens with one attached hydrogen (secondary N) is 1. The molecule has 0 bridgehead atoms. The number of methoxy groups -OCH3 is 1. The summed E-state index contributed by atoms with van der Waals surface area (Å²) in [6.45, 7) is 6.46. The lowest BCUT2D eigenvalue weighted by atomic mass is 10.0. The Morgan fingerprint density at radius 1 is 1.27 bits per heavy atom. The van der Waals surface area contributed by atoms with Crippen LogP contribution in [0.3, 0.4) is 0 Å². The van der Waals surface area contributed by atoms with Gasteiger partial charge in [-0.1, -0.05) is 25.1 Å². The highest BCUT2D eigenvalue weighted by molar-refractivity contribution is 5.85. The van der Waals surface area contributed by atoms with E-state index in [1.54, 1.807) is 0 Å². The van der Waals surface area contributed by atoms with Crippen LogP contribution in [0.4, 0.5) is 5.95 Å². The van der Waals surface area contributed by atoms with Gasteiger partial charge in [-0.15, -0.1) is 0 Å². The van der Waals surface area contributed by atoms with Crippen molar-refractivity contribution in [2.24, 2.45) is 5.92 Å². The van der Waals surface area contributed by atoms with Crippen LogP contribution in [0.25, 0.3) is 10.9 Å². The lowest BCUT2D eigenvalue weighted by Gasteiger charge is -2.33. The van der Waals surface area contributed by atoms with Crippen molar-refractivity contribution in [2.45, 2.75) is 45.8 Å². The average molecular weight is 450 g/mol. The summed E-state index contributed by atoms with van der Waals surface area (Å²) >= 11 is 0. The molecular weight excluding hydrogens is 418 g/mol. The molecule has 2 aliphatic heterocycles. The summed E-state index contributed by atoms with van der Waals surface area (Å²) < 4.78 is 6.79. The van der Waals surface area contributed by atoms with E-state index in [1.807, 2.05) is 29.0 Å². The normalized spacial score (nSPS) is 19.0. The van der Waals surface area contributed by atoms with Gasteiger partial charge in [0, 0.05) is 56.2 Å². The maximum Gasteiger partial charge on any atom is 0.325 e. The second-order valence-corrected chi connectivity index (χ2v) is 9.34. The number of aromatic nitrogens is 3. The Morgan fingerprint density at radius 3 is 2.94 bits per heavy atom. The van der Waals surface area contributed by atoms with Crippen LogP contribution in [0.2, 0.25) is 0 Å². The molecule has 1 atom stereocenters. The number of aromatic amines is 1. The lowest BCUT2D eigenvalue weighted by molar-refractivity contribution is -0.141. The minimum absolute atomic E-state index is 0.0222. The van der Waals surface area contributed by atoms with Crippen LogP contribution in [0.15, 0.2) is 35.3 Å². The first-order chi connectivity index (χ1) is 16.0. The zero-order valence-corrected chi connectivity index (χ0v) is 19.3. The molecule has 0 amide bonds. The van der Waals surface area contributed by atoms with Crippen molar-refractivity contribution in [3.63, 3.8) is 0 Å². The topological polar surface area (TPSA) is 83.5 Å². The Balaban J connectivity index is 1.36. The summed E-state index contributed by atoms with van der Waals surface area (Å²) in [6.07, 6.45) is 5.16. The monoisotopic (exact) mass is 449 g/mol. The molecule has 4 heterocycles. The second kappa shape index (κ2) is 9.02. The third-order valence-electron chi connectivity index (χ3n) is 6.88. The van der Waals surface area contributed by atoms with Gasteiger partial charge in [0.2, 0.25) is 5.95 Å². The minimum atomic E-state index is -0.272. The first-order valence-corrected chi connectivity index (χ1v) is 11.7. The average Bonchev–Trinajstić information content (AvgIpc) is 3.16. The van der Waals surface area contributed by atoms with Crippen LogP contribution in [0.5, 0.6) is 0 Å². The number of ether oxygens (including phenoxy) is 1. The number of piperidine rings is 1. The molecule has 2 aliphatic rings. The van der Waals surface area contributed by atoms with Crippen LogP contribution in [0, 0.1) is 5.92 Å². The van der Waals surface area contributed by atoms with E-state index in [2.05, 4.69) is 27.8 Å². The van der Waals surface area contributed by atoms with Crippen molar-refractivity contribution in [1.29, 1.82) is 0 Å². The number of hydrogen-bond acceptors (Lipinski definition) is 6. The Kier molecular flexibility index (Phi) is 5.93. The third-order valence-corrected chi connectivity index (χ3v) is 6.88. The highest BCUT2D eigenvalue weighted by Gasteiger charge is 2.25. The van der Waals surface area contributed by atoms with Gasteiger partial charge in [-0.3, -0.25) is 19.5 Å². The Hall–Kier alpha value is -3.13. The third kappa shape index (κ3) is 4.39. The van der Waals surface area contributed by atoms with Crippen LogP contribution < -0.4 is 10.5 Å². The van der Waals surface area contributed by atoms with Gasteiger partial charge in [0.15, 0.2) is 0 Å². The van der Waals surface area contributed by atoms with Crippen LogP contribution in [0.1, 0.15) is 36.6 Å². The molecule has 0 unspecified atom stereocenters. The molecule has 0 spiro atoms. The van der Waals surface area contributed by atoms with E-state index in [9.17, 15) is 9.59 Å². The molecule has 1 fully saturated rings. The van der Waals surface area contributed by atoms with Gasteiger partial charge in [-0.25, -0.2) is 4.98 Å². The number of carbonyl (C=O) groups is 1. The van der Waals surface area contributed by atoms with Crippen molar-refractivity contribution in [1.82, 2.24) is 19.4 Å². The van der Waals surface area contributed by atoms with Crippen LogP contribution in [-0.4, -0.2) is 52.1 Å². The van der Waals surface area contributed by atoms with E-state index in [0.29, 0.717) is 19.0 Å². The molecule has 0 aliphatic carbocycles. The van der Waals surface area contributed by atoms with Gasteiger partial charge in [-0.2, -0.15) is 0 Å². The molecule has 1 aromatic carbocycles. The van der Waals surface area contributed by atoms with E-state index in [-0.39, 0.29) is 18.1 Å². The van der Waals surface area contributed by atoms with E-state index in [0.717, 1.165) is 66.1 Å². The van der Waals surface area contributed by atoms with Gasteiger partial charge >= 0.3 is 5.97 Å². The summed E-state index contributed by atoms with van der Waals surface area (Å²) in [5, 5.41) is 1.12. The number of para-hydroxylation sites is 1. The number of carbonyl (C=O) groups excluding carboxylic acids is 1. The number of nitrogens with zero attached hydrogens (tertiary/aromatic N) is 4. The summed E-state index contributed by atoms with van der Waals surface area (Å²) in [5.41, 5.74) is 3.83. The summed E-state index contributed by atoms with van der Waals surface area (Å²) in [7, 11) is 1.41. The van der Waals surface area contributed by atoms with Gasteiger partial charge in [-0.05, 0) is 30.4 Å². The lowest BCUT2D eigenvalue weighted by Crippen LogP contribution is -2.39. The Morgan fingerprint density at radius 2 is 2.12 bits per heavy atom. The first kappa shape index (κ1) is 21.7. The fourth-order valence-electron chi connectivity index (χ4n) is 5.16. The van der Waals surface area contributed by atoms with Gasteiger partial charge in [0.05, 0.1) is 18.4 Å². The minimum Gasteiger partial charge on any atom is -0.468 e. The number of benzene rings is 1. The van der Waals surface area contributed by atoms with E-state index in [4.69, 9.17) is 9.72 Å². The van der Waals surface area contributed by atoms with Crippen molar-refractivity contribution >= 4 is 22.8 Å². The molecule has 8 nitrogen and oxygen atoms in total. The number of rotatable bonds is 5. The molecule has 33 heavy (non-hydrogen) atoms. The molecule has 174 valence electrons. The predicted molar refractivity (Wildman–Crippen MR) is 127 cm³/mol. The van der Waals surface area contributed by atoms with Crippen molar-refractivity contribution in [3.8, 4) is 0 Å². The molecule has 1 saturated heterocycles. The van der Waals surface area contributed by atoms with E-state index in [1.165, 1.54) is 13.5 Å². The maximum atomic E-state index is 13.0. The number of esters is 1. The molecule has 0 radical (unpaired) electrons. The molecule has 3 aromatic rings. The molecule has 5 rings (SSSR count). The zero-order valence-electron chi connectivity index (χ0n) is 19.3. The zero-order chi connectivity index (χ0) is 22.9. The first-order valence-electron chi connectivity index (χ1n) is 11.7. The highest BCUT2D eigenvalue weighted by atomic mass is 16.5. The van der Waals surface area contributed by atoms with Gasteiger partial charge in [0.1, 0.15) is 6.54 Å². The molecule has 1 N–H and O–H groups in total. The second-order valence-electron chi connectivity index (χ2n) is 9.34. The number of hydrogen-bond donors (Lipinski definition) is 1. The molecular formula is C25H31N5O3. The summed E-state index contributed by atoms with van der Waals surface area (Å²) in [4.78, 5) is 37.2. The molecule has 2 aromatic heterocycles. The standard InChI is InChI=1S/C25H31N5O3/c1-17-6-5-10-29(12-17)25-26-21-9-11-28(15-20(21)24(32)27-25)13-18-14-30(16-23(31)33-2)22-8-4-3-7-19(18)22/h3-4,7-8,14,17H,5-6,9-13,15-16H2,1-2H3,(H,26,27,32)/t17-/m0/s1. The number of H-pyrrole nitrogens is 1. The van der Waals surface area contributed by atoms with Crippen molar-refractivity contribution in [3.05, 3.63) is 57.6 Å². The Bertz CT molecular complexity index is 1230. The van der Waals surface area contributed by atoms with E-state index < -0.39 is 0 Å². The SMILES string of the molecule is COC(=O)Cn1cc(CN2CCc3nc(N4CCC[C@H](C)C4)[nH]c(=O)c3C2)c2ccccc21. The quantitative estimate of drug-likeness (QED) is 0.603. The number of fused-ring (bicyclic) bond motifs is 2.